The van der Waals surface area contributed by atoms with Crippen LogP contribution in [0.3, 0.4) is 0 Å². The van der Waals surface area contributed by atoms with Crippen LogP contribution in [-0.2, 0) is 13.6 Å². The van der Waals surface area contributed by atoms with Gasteiger partial charge < -0.3 is 20.1 Å². The average Bonchev–Trinajstić information content (AvgIpc) is 2.92. The lowest BCUT2D eigenvalue weighted by Crippen LogP contribution is -2.43. The van der Waals surface area contributed by atoms with Crippen molar-refractivity contribution in [3.05, 3.63) is 11.6 Å². The summed E-state index contributed by atoms with van der Waals surface area (Å²) < 4.78 is 1.99. The van der Waals surface area contributed by atoms with Crippen molar-refractivity contribution >= 4 is 5.96 Å². The molecular weight excluding hydrogens is 302 g/mol. The minimum atomic E-state index is 0.544. The molecule has 1 aliphatic rings. The Morgan fingerprint density at radius 2 is 1.88 bits per heavy atom. The van der Waals surface area contributed by atoms with Crippen molar-refractivity contribution in [3.63, 3.8) is 0 Å². The summed E-state index contributed by atoms with van der Waals surface area (Å²) >= 11 is 0. The Kier molecular flexibility index (Phi) is 8.01. The van der Waals surface area contributed by atoms with Crippen LogP contribution >= 0.6 is 0 Å². The van der Waals surface area contributed by atoms with Crippen LogP contribution in [0.5, 0.6) is 0 Å². The molecule has 1 aromatic heterocycles. The first-order chi connectivity index (χ1) is 11.7. The quantitative estimate of drug-likeness (QED) is 0.427. The lowest BCUT2D eigenvalue weighted by atomic mass is 10.1. The zero-order chi connectivity index (χ0) is 17.2. The van der Waals surface area contributed by atoms with Gasteiger partial charge in [-0.25, -0.2) is 4.99 Å². The van der Waals surface area contributed by atoms with E-state index in [-0.39, 0.29) is 0 Å². The van der Waals surface area contributed by atoms with Crippen LogP contribution in [-0.4, -0.2) is 58.3 Å². The van der Waals surface area contributed by atoms with Crippen LogP contribution in [0.2, 0.25) is 0 Å². The molecule has 0 unspecified atom stereocenters. The van der Waals surface area contributed by atoms with E-state index < -0.39 is 0 Å². The van der Waals surface area contributed by atoms with Crippen molar-refractivity contribution in [1.82, 2.24) is 30.3 Å². The number of aliphatic imine (C=N–C) groups is 1. The normalized spacial score (nSPS) is 16.4. The van der Waals surface area contributed by atoms with E-state index in [0.29, 0.717) is 6.54 Å². The van der Waals surface area contributed by atoms with Crippen LogP contribution in [0.15, 0.2) is 4.99 Å². The molecule has 1 fully saturated rings. The number of hydrogen-bond acceptors (Lipinski definition) is 4. The second-order valence-electron chi connectivity index (χ2n) is 6.50. The van der Waals surface area contributed by atoms with Gasteiger partial charge in [0.2, 0.25) is 0 Å². The Bertz CT molecular complexity index is 503. The van der Waals surface area contributed by atoms with Crippen LogP contribution in [0, 0.1) is 6.92 Å². The molecule has 0 bridgehead atoms. The average molecular weight is 336 g/mol. The van der Waals surface area contributed by atoms with E-state index in [1.165, 1.54) is 38.8 Å². The van der Waals surface area contributed by atoms with E-state index in [4.69, 9.17) is 0 Å². The van der Waals surface area contributed by atoms with E-state index in [0.717, 1.165) is 43.7 Å². The van der Waals surface area contributed by atoms with E-state index >= 15 is 0 Å². The summed E-state index contributed by atoms with van der Waals surface area (Å²) in [7, 11) is 1.98. The summed E-state index contributed by atoms with van der Waals surface area (Å²) in [5, 5.41) is 15.1. The fourth-order valence-corrected chi connectivity index (χ4v) is 2.81. The van der Waals surface area contributed by atoms with Crippen LogP contribution in [0.4, 0.5) is 0 Å². The van der Waals surface area contributed by atoms with Crippen molar-refractivity contribution in [2.45, 2.75) is 52.5 Å². The first-order valence-corrected chi connectivity index (χ1v) is 9.30. The number of aryl methyl sites for hydroxylation is 1. The molecule has 2 rings (SSSR count). The molecule has 2 N–H and O–H groups in total. The summed E-state index contributed by atoms with van der Waals surface area (Å²) in [6, 6.07) is 0. The third-order valence-electron chi connectivity index (χ3n) is 4.55. The minimum absolute atomic E-state index is 0.544. The largest absolute Gasteiger partial charge is 0.356 e. The zero-order valence-corrected chi connectivity index (χ0v) is 15.5. The summed E-state index contributed by atoms with van der Waals surface area (Å²) in [6.07, 6.45) is 6.38. The summed E-state index contributed by atoms with van der Waals surface area (Å²) in [4.78, 5) is 7.21. The van der Waals surface area contributed by atoms with E-state index in [1.807, 2.05) is 18.5 Å². The van der Waals surface area contributed by atoms with Crippen LogP contribution < -0.4 is 10.6 Å². The van der Waals surface area contributed by atoms with Gasteiger partial charge in [0, 0.05) is 26.7 Å². The zero-order valence-electron chi connectivity index (χ0n) is 15.5. The van der Waals surface area contributed by atoms with Crippen molar-refractivity contribution in [1.29, 1.82) is 0 Å². The third-order valence-corrected chi connectivity index (χ3v) is 4.55. The van der Waals surface area contributed by atoms with E-state index in [9.17, 15) is 0 Å². The number of unbranched alkanes of at least 4 members (excludes halogenated alkanes) is 1. The minimum Gasteiger partial charge on any atom is -0.356 e. The standard InChI is InChI=1S/C17H33N7/c1-4-5-9-18-17(19-10-13-24-11-7-6-8-12-24)20-14-16-22-21-15(2)23(16)3/h4-14H2,1-3H3,(H2,18,19,20). The second-order valence-corrected chi connectivity index (χ2v) is 6.50. The SMILES string of the molecule is CCCCNC(=NCc1nnc(C)n1C)NCCN1CCCCC1. The monoisotopic (exact) mass is 335 g/mol. The van der Waals surface area contributed by atoms with Crippen LogP contribution in [0.1, 0.15) is 50.7 Å². The van der Waals surface area contributed by atoms with Gasteiger partial charge in [-0.3, -0.25) is 0 Å². The Labute approximate surface area is 145 Å². The third kappa shape index (κ3) is 6.11. The second kappa shape index (κ2) is 10.3. The smallest absolute Gasteiger partial charge is 0.191 e. The number of aromatic nitrogens is 3. The maximum absolute atomic E-state index is 4.68. The molecule has 2 heterocycles. The molecule has 0 amide bonds. The number of nitrogens with one attached hydrogen (secondary N) is 2. The molecule has 0 radical (unpaired) electrons. The number of nitrogens with zero attached hydrogens (tertiary/aromatic N) is 5. The molecule has 0 spiro atoms. The number of piperidine rings is 1. The van der Waals surface area contributed by atoms with Crippen LogP contribution in [0.25, 0.3) is 0 Å². The van der Waals surface area contributed by atoms with Crippen molar-refractivity contribution in [3.8, 4) is 0 Å². The molecule has 136 valence electrons. The van der Waals surface area contributed by atoms with E-state index in [2.05, 4.69) is 37.6 Å². The van der Waals surface area contributed by atoms with E-state index in [1.54, 1.807) is 0 Å². The highest BCUT2D eigenvalue weighted by Crippen LogP contribution is 2.07. The van der Waals surface area contributed by atoms with Gasteiger partial charge in [-0.2, -0.15) is 0 Å². The van der Waals surface area contributed by atoms with Gasteiger partial charge in [0.25, 0.3) is 0 Å². The maximum atomic E-state index is 4.68. The molecule has 1 aliphatic heterocycles. The topological polar surface area (TPSA) is 70.4 Å². The molecule has 0 aromatic carbocycles. The lowest BCUT2D eigenvalue weighted by Gasteiger charge is -2.26. The van der Waals surface area contributed by atoms with Gasteiger partial charge in [-0.05, 0) is 39.3 Å². The summed E-state index contributed by atoms with van der Waals surface area (Å²) in [5.41, 5.74) is 0. The predicted molar refractivity (Wildman–Crippen MR) is 98.1 cm³/mol. The lowest BCUT2D eigenvalue weighted by molar-refractivity contribution is 0.232. The van der Waals surface area contributed by atoms with Crippen molar-refractivity contribution < 1.29 is 0 Å². The number of likely N-dealkylation sites (tertiary alicyclic amines) is 1. The van der Waals surface area contributed by atoms with Gasteiger partial charge in [0.05, 0.1) is 0 Å². The molecule has 24 heavy (non-hydrogen) atoms. The highest BCUT2D eigenvalue weighted by molar-refractivity contribution is 5.79. The molecular formula is C17H33N7. The molecule has 1 saturated heterocycles. The maximum Gasteiger partial charge on any atom is 0.191 e. The summed E-state index contributed by atoms with van der Waals surface area (Å²) in [6.45, 7) is 10.1. The van der Waals surface area contributed by atoms with Gasteiger partial charge in [0.15, 0.2) is 11.8 Å². The molecule has 0 aliphatic carbocycles. The van der Waals surface area contributed by atoms with Crippen molar-refractivity contribution in [2.75, 3.05) is 32.7 Å². The fraction of sp³-hybridized carbons (Fsp3) is 0.824. The van der Waals surface area contributed by atoms with Gasteiger partial charge in [0.1, 0.15) is 12.4 Å². The first-order valence-electron chi connectivity index (χ1n) is 9.30. The molecule has 7 nitrogen and oxygen atoms in total. The predicted octanol–water partition coefficient (Wildman–Crippen LogP) is 1.44. The Morgan fingerprint density at radius 1 is 1.12 bits per heavy atom. The fourth-order valence-electron chi connectivity index (χ4n) is 2.81. The molecule has 0 atom stereocenters. The highest BCUT2D eigenvalue weighted by atomic mass is 15.3. The van der Waals surface area contributed by atoms with Gasteiger partial charge in [-0.1, -0.05) is 19.8 Å². The Balaban J connectivity index is 1.83. The summed E-state index contributed by atoms with van der Waals surface area (Å²) in [5.74, 6) is 2.68. The van der Waals surface area contributed by atoms with Gasteiger partial charge in [-0.15, -0.1) is 10.2 Å². The van der Waals surface area contributed by atoms with Gasteiger partial charge >= 0.3 is 0 Å². The Morgan fingerprint density at radius 3 is 2.54 bits per heavy atom. The van der Waals surface area contributed by atoms with Crippen molar-refractivity contribution in [2.24, 2.45) is 12.0 Å². The number of hydrogen-bond donors (Lipinski definition) is 2. The number of guanidine groups is 1. The first kappa shape index (κ1) is 18.7. The molecule has 0 saturated carbocycles. The highest BCUT2D eigenvalue weighted by Gasteiger charge is 2.10. The molecule has 7 heteroatoms. The number of rotatable bonds is 8. The Hall–Kier alpha value is -1.63. The molecule has 1 aromatic rings.